The molecular formula is C18H21N5O2. The predicted molar refractivity (Wildman–Crippen MR) is 92.4 cm³/mol. The molecule has 0 spiro atoms. The number of benzene rings is 1. The first kappa shape index (κ1) is 16.0. The van der Waals surface area contributed by atoms with Crippen LogP contribution in [0.3, 0.4) is 0 Å². The average Bonchev–Trinajstić information content (AvgIpc) is 3.23. The fraction of sp³-hybridized carbons (Fsp3) is 0.389. The van der Waals surface area contributed by atoms with Gasteiger partial charge < -0.3 is 14.1 Å². The molecule has 2 aromatic heterocycles. The maximum Gasteiger partial charge on any atom is 0.247 e. The summed E-state index contributed by atoms with van der Waals surface area (Å²) < 4.78 is 13.7. The van der Waals surface area contributed by atoms with E-state index < -0.39 is 0 Å². The van der Waals surface area contributed by atoms with Crippen LogP contribution in [0.15, 0.2) is 40.9 Å². The molecule has 0 bridgehead atoms. The summed E-state index contributed by atoms with van der Waals surface area (Å²) in [5.41, 5.74) is 2.96. The maximum absolute atomic E-state index is 5.92. The lowest BCUT2D eigenvalue weighted by Gasteiger charge is -2.32. The summed E-state index contributed by atoms with van der Waals surface area (Å²) in [6.45, 7) is 5.73. The molecule has 1 aliphatic rings. The van der Waals surface area contributed by atoms with E-state index in [2.05, 4.69) is 34.2 Å². The normalized spacial score (nSPS) is 21.6. The first-order valence-corrected chi connectivity index (χ1v) is 8.39. The molecule has 0 unspecified atom stereocenters. The fourth-order valence-corrected chi connectivity index (χ4v) is 3.17. The third-order valence-electron chi connectivity index (χ3n) is 4.35. The third-order valence-corrected chi connectivity index (χ3v) is 4.35. The van der Waals surface area contributed by atoms with Gasteiger partial charge in [0.05, 0.1) is 11.8 Å². The SMILES string of the molecule is Cc1ccnn1-c1ccc(-c2nnc([C@H]3CN(C)C[C@@H](C)O3)o2)cc1. The summed E-state index contributed by atoms with van der Waals surface area (Å²) in [6, 6.07) is 9.88. The molecule has 4 rings (SSSR count). The summed E-state index contributed by atoms with van der Waals surface area (Å²) in [5, 5.41) is 12.7. The van der Waals surface area contributed by atoms with Gasteiger partial charge in [-0.05, 0) is 51.2 Å². The van der Waals surface area contributed by atoms with Crippen molar-refractivity contribution in [3.8, 4) is 17.1 Å². The topological polar surface area (TPSA) is 69.2 Å². The van der Waals surface area contributed by atoms with Gasteiger partial charge in [-0.3, -0.25) is 0 Å². The molecule has 1 aromatic carbocycles. The average molecular weight is 339 g/mol. The van der Waals surface area contributed by atoms with E-state index in [9.17, 15) is 0 Å². The van der Waals surface area contributed by atoms with Gasteiger partial charge in [-0.15, -0.1) is 10.2 Å². The van der Waals surface area contributed by atoms with Crippen LogP contribution in [0.5, 0.6) is 0 Å². The lowest BCUT2D eigenvalue weighted by Crippen LogP contribution is -2.40. The highest BCUT2D eigenvalue weighted by molar-refractivity contribution is 5.55. The molecule has 3 heterocycles. The second-order valence-corrected chi connectivity index (χ2v) is 6.53. The minimum atomic E-state index is -0.180. The summed E-state index contributed by atoms with van der Waals surface area (Å²) in [4.78, 5) is 2.21. The number of ether oxygens (including phenoxy) is 1. The Bertz CT molecular complexity index is 844. The van der Waals surface area contributed by atoms with Crippen molar-refractivity contribution in [3.63, 3.8) is 0 Å². The van der Waals surface area contributed by atoms with Crippen LogP contribution in [0.2, 0.25) is 0 Å². The summed E-state index contributed by atoms with van der Waals surface area (Å²) in [6.07, 6.45) is 1.76. The van der Waals surface area contributed by atoms with Gasteiger partial charge >= 0.3 is 0 Å². The smallest absolute Gasteiger partial charge is 0.247 e. The van der Waals surface area contributed by atoms with Gasteiger partial charge in [-0.25, -0.2) is 4.68 Å². The molecule has 25 heavy (non-hydrogen) atoms. The van der Waals surface area contributed by atoms with Crippen LogP contribution >= 0.6 is 0 Å². The predicted octanol–water partition coefficient (Wildman–Crippen LogP) is 2.62. The molecule has 130 valence electrons. The van der Waals surface area contributed by atoms with Crippen LogP contribution in [0.25, 0.3) is 17.1 Å². The molecule has 7 nitrogen and oxygen atoms in total. The van der Waals surface area contributed by atoms with Gasteiger partial charge in [-0.2, -0.15) is 5.10 Å². The minimum absolute atomic E-state index is 0.149. The fourth-order valence-electron chi connectivity index (χ4n) is 3.17. The van der Waals surface area contributed by atoms with Crippen molar-refractivity contribution in [2.45, 2.75) is 26.1 Å². The Labute approximate surface area is 146 Å². The maximum atomic E-state index is 5.92. The van der Waals surface area contributed by atoms with Crippen molar-refractivity contribution < 1.29 is 9.15 Å². The van der Waals surface area contributed by atoms with Crippen molar-refractivity contribution in [2.75, 3.05) is 20.1 Å². The molecule has 7 heteroatoms. The monoisotopic (exact) mass is 339 g/mol. The Morgan fingerprint density at radius 1 is 1.08 bits per heavy atom. The van der Waals surface area contributed by atoms with E-state index >= 15 is 0 Å². The molecule has 0 radical (unpaired) electrons. The van der Waals surface area contributed by atoms with Gasteiger partial charge in [0.1, 0.15) is 6.10 Å². The Hall–Kier alpha value is -2.51. The van der Waals surface area contributed by atoms with Crippen LogP contribution in [0.4, 0.5) is 0 Å². The van der Waals surface area contributed by atoms with E-state index in [1.54, 1.807) is 6.20 Å². The number of aryl methyl sites for hydroxylation is 1. The zero-order valence-electron chi connectivity index (χ0n) is 14.6. The van der Waals surface area contributed by atoms with Gasteiger partial charge in [-0.1, -0.05) is 0 Å². The quantitative estimate of drug-likeness (QED) is 0.731. The number of hydrogen-bond donors (Lipinski definition) is 0. The second-order valence-electron chi connectivity index (χ2n) is 6.53. The van der Waals surface area contributed by atoms with Crippen molar-refractivity contribution in [1.29, 1.82) is 0 Å². The molecule has 2 atom stereocenters. The minimum Gasteiger partial charge on any atom is -0.418 e. The Kier molecular flexibility index (Phi) is 4.10. The highest BCUT2D eigenvalue weighted by Gasteiger charge is 2.28. The first-order valence-electron chi connectivity index (χ1n) is 8.39. The molecule has 0 N–H and O–H groups in total. The molecule has 0 saturated carbocycles. The molecule has 0 aliphatic carbocycles. The Morgan fingerprint density at radius 2 is 1.88 bits per heavy atom. The number of hydrogen-bond acceptors (Lipinski definition) is 6. The first-order chi connectivity index (χ1) is 12.1. The summed E-state index contributed by atoms with van der Waals surface area (Å²) >= 11 is 0. The van der Waals surface area contributed by atoms with Crippen LogP contribution < -0.4 is 0 Å². The van der Waals surface area contributed by atoms with E-state index in [-0.39, 0.29) is 12.2 Å². The van der Waals surface area contributed by atoms with Crippen molar-refractivity contribution in [1.82, 2.24) is 24.9 Å². The highest BCUT2D eigenvalue weighted by Crippen LogP contribution is 2.27. The number of rotatable bonds is 3. The van der Waals surface area contributed by atoms with Gasteiger partial charge in [0, 0.05) is 30.5 Å². The highest BCUT2D eigenvalue weighted by atomic mass is 16.5. The lowest BCUT2D eigenvalue weighted by atomic mass is 10.2. The van der Waals surface area contributed by atoms with Crippen LogP contribution in [-0.2, 0) is 4.74 Å². The molecule has 1 fully saturated rings. The summed E-state index contributed by atoms with van der Waals surface area (Å²) in [7, 11) is 2.07. The van der Waals surface area contributed by atoms with Crippen molar-refractivity contribution in [3.05, 3.63) is 48.1 Å². The van der Waals surface area contributed by atoms with E-state index in [0.717, 1.165) is 30.0 Å². The van der Waals surface area contributed by atoms with E-state index in [0.29, 0.717) is 11.8 Å². The van der Waals surface area contributed by atoms with E-state index in [1.807, 2.05) is 41.9 Å². The Morgan fingerprint density at radius 3 is 2.56 bits per heavy atom. The lowest BCUT2D eigenvalue weighted by molar-refractivity contribution is -0.0821. The van der Waals surface area contributed by atoms with Gasteiger partial charge in [0.25, 0.3) is 0 Å². The Balaban J connectivity index is 1.55. The molecule has 1 aliphatic heterocycles. The number of morpholine rings is 1. The number of aromatic nitrogens is 4. The van der Waals surface area contributed by atoms with Gasteiger partial charge in [0.2, 0.25) is 11.8 Å². The molecule has 3 aromatic rings. The zero-order chi connectivity index (χ0) is 17.4. The summed E-state index contributed by atoms with van der Waals surface area (Å²) in [5.74, 6) is 1.03. The van der Waals surface area contributed by atoms with E-state index in [4.69, 9.17) is 9.15 Å². The molecule has 1 saturated heterocycles. The van der Waals surface area contributed by atoms with Crippen LogP contribution in [0, 0.1) is 6.92 Å². The largest absolute Gasteiger partial charge is 0.418 e. The molecular weight excluding hydrogens is 318 g/mol. The van der Waals surface area contributed by atoms with Crippen LogP contribution in [0.1, 0.15) is 24.6 Å². The van der Waals surface area contributed by atoms with Crippen LogP contribution in [-0.4, -0.2) is 51.1 Å². The van der Waals surface area contributed by atoms with E-state index in [1.165, 1.54) is 0 Å². The molecule has 0 amide bonds. The number of likely N-dealkylation sites (N-methyl/N-ethyl adjacent to an activating group) is 1. The third kappa shape index (κ3) is 3.20. The van der Waals surface area contributed by atoms with Crippen molar-refractivity contribution in [2.24, 2.45) is 0 Å². The number of nitrogens with zero attached hydrogens (tertiary/aromatic N) is 5. The second kappa shape index (κ2) is 6.42. The van der Waals surface area contributed by atoms with Crippen molar-refractivity contribution >= 4 is 0 Å². The zero-order valence-corrected chi connectivity index (χ0v) is 14.6. The standard InChI is InChI=1S/C18H21N5O2/c1-12-8-9-19-23(12)15-6-4-14(5-7-15)17-20-21-18(25-17)16-11-22(3)10-13(2)24-16/h4-9,13,16H,10-11H2,1-3H3/t13-,16-/m1/s1. The van der Waals surface area contributed by atoms with Gasteiger partial charge in [0.15, 0.2) is 0 Å².